The highest BCUT2D eigenvalue weighted by Gasteiger charge is 2.35. The van der Waals surface area contributed by atoms with Gasteiger partial charge in [0.1, 0.15) is 0 Å². The average molecular weight is 235 g/mol. The number of aromatic nitrogens is 2. The topological polar surface area (TPSA) is 43.8 Å². The van der Waals surface area contributed by atoms with Crippen LogP contribution in [0.1, 0.15) is 50.7 Å². The molecule has 3 nitrogen and oxygen atoms in total. The Labute approximate surface area is 92.4 Å². The molecule has 1 heterocycles. The monoisotopic (exact) mass is 235 g/mol. The van der Waals surface area contributed by atoms with Crippen molar-refractivity contribution in [1.29, 1.82) is 0 Å². The van der Waals surface area contributed by atoms with E-state index >= 15 is 0 Å². The van der Waals surface area contributed by atoms with Crippen molar-refractivity contribution in [2.45, 2.75) is 45.5 Å². The molecule has 2 unspecified atom stereocenters. The number of rotatable bonds is 3. The molecular formula is C10H16F3N3. The molecule has 0 amide bonds. The molecular weight excluding hydrogens is 219 g/mol. The van der Waals surface area contributed by atoms with Crippen molar-refractivity contribution in [2.24, 2.45) is 5.73 Å². The normalized spacial score (nSPS) is 16.2. The van der Waals surface area contributed by atoms with E-state index in [9.17, 15) is 13.2 Å². The molecule has 6 heteroatoms. The molecule has 1 aromatic heterocycles. The molecule has 1 rings (SSSR count). The van der Waals surface area contributed by atoms with Crippen LogP contribution in [0.5, 0.6) is 0 Å². The van der Waals surface area contributed by atoms with E-state index in [-0.39, 0.29) is 6.04 Å². The van der Waals surface area contributed by atoms with E-state index in [0.29, 0.717) is 12.1 Å². The van der Waals surface area contributed by atoms with Crippen LogP contribution in [0.4, 0.5) is 13.2 Å². The average Bonchev–Trinajstić information content (AvgIpc) is 2.60. The largest absolute Gasteiger partial charge is 0.435 e. The Kier molecular flexibility index (Phi) is 3.62. The maximum atomic E-state index is 12.5. The predicted molar refractivity (Wildman–Crippen MR) is 54.8 cm³/mol. The predicted octanol–water partition coefficient (Wildman–Crippen LogP) is 2.89. The molecule has 0 saturated carbocycles. The van der Waals surface area contributed by atoms with Crippen molar-refractivity contribution >= 4 is 0 Å². The number of hydrogen-bond donors (Lipinski definition) is 1. The van der Waals surface area contributed by atoms with E-state index in [1.807, 2.05) is 13.8 Å². The minimum absolute atomic E-state index is 0.0860. The lowest BCUT2D eigenvalue weighted by Gasteiger charge is -2.15. The third kappa shape index (κ3) is 2.55. The quantitative estimate of drug-likeness (QED) is 0.875. The van der Waals surface area contributed by atoms with Crippen molar-refractivity contribution in [1.82, 2.24) is 9.78 Å². The standard InChI is InChI=1S/C10H16F3N3/c1-4-6(2)16-8(7(3)14)5-9(15-16)10(11,12)13/h5-7H,4,14H2,1-3H3. The molecule has 0 saturated heterocycles. The summed E-state index contributed by atoms with van der Waals surface area (Å²) in [5.74, 6) is 0. The fraction of sp³-hybridized carbons (Fsp3) is 0.700. The van der Waals surface area contributed by atoms with Crippen LogP contribution in [0, 0.1) is 0 Å². The van der Waals surface area contributed by atoms with Gasteiger partial charge in [0, 0.05) is 12.1 Å². The van der Waals surface area contributed by atoms with Gasteiger partial charge in [-0.1, -0.05) is 6.92 Å². The van der Waals surface area contributed by atoms with Gasteiger partial charge in [0.05, 0.1) is 5.69 Å². The molecule has 0 bridgehead atoms. The Morgan fingerprint density at radius 2 is 2.00 bits per heavy atom. The zero-order chi connectivity index (χ0) is 12.5. The lowest BCUT2D eigenvalue weighted by atomic mass is 10.2. The van der Waals surface area contributed by atoms with Gasteiger partial charge in [0.15, 0.2) is 5.69 Å². The summed E-state index contributed by atoms with van der Waals surface area (Å²) in [7, 11) is 0. The number of alkyl halides is 3. The molecule has 0 spiro atoms. The lowest BCUT2D eigenvalue weighted by molar-refractivity contribution is -0.141. The van der Waals surface area contributed by atoms with Crippen molar-refractivity contribution in [3.8, 4) is 0 Å². The van der Waals surface area contributed by atoms with Crippen LogP contribution < -0.4 is 5.73 Å². The Balaban J connectivity index is 3.20. The summed E-state index contributed by atoms with van der Waals surface area (Å²) < 4.78 is 38.9. The highest BCUT2D eigenvalue weighted by molar-refractivity contribution is 5.16. The van der Waals surface area contributed by atoms with Gasteiger partial charge in [-0.05, 0) is 26.3 Å². The summed E-state index contributed by atoms with van der Waals surface area (Å²) >= 11 is 0. The van der Waals surface area contributed by atoms with Crippen LogP contribution in [0.3, 0.4) is 0 Å². The van der Waals surface area contributed by atoms with Gasteiger partial charge >= 0.3 is 6.18 Å². The van der Waals surface area contributed by atoms with Crippen LogP contribution in [0.15, 0.2) is 6.07 Å². The number of nitrogens with two attached hydrogens (primary N) is 1. The fourth-order valence-electron chi connectivity index (χ4n) is 1.41. The van der Waals surface area contributed by atoms with Gasteiger partial charge < -0.3 is 5.73 Å². The summed E-state index contributed by atoms with van der Waals surface area (Å²) in [6, 6.07) is 0.478. The maximum absolute atomic E-state index is 12.5. The lowest BCUT2D eigenvalue weighted by Crippen LogP contribution is -2.16. The molecule has 0 aliphatic rings. The summed E-state index contributed by atoms with van der Waals surface area (Å²) in [6.07, 6.45) is -3.71. The number of nitrogens with zero attached hydrogens (tertiary/aromatic N) is 2. The maximum Gasteiger partial charge on any atom is 0.435 e. The van der Waals surface area contributed by atoms with Crippen LogP contribution in [0.25, 0.3) is 0 Å². The Morgan fingerprint density at radius 1 is 1.44 bits per heavy atom. The minimum Gasteiger partial charge on any atom is -0.323 e. The highest BCUT2D eigenvalue weighted by atomic mass is 19.4. The summed E-state index contributed by atoms with van der Waals surface area (Å²) in [5.41, 5.74) is 5.18. The van der Waals surface area contributed by atoms with Gasteiger partial charge in [0.2, 0.25) is 0 Å². The molecule has 16 heavy (non-hydrogen) atoms. The van der Waals surface area contributed by atoms with Crippen molar-refractivity contribution in [3.05, 3.63) is 17.5 Å². The Bertz CT molecular complexity index is 355. The second-order valence-electron chi connectivity index (χ2n) is 3.94. The van der Waals surface area contributed by atoms with Crippen molar-refractivity contribution in [3.63, 3.8) is 0 Å². The summed E-state index contributed by atoms with van der Waals surface area (Å²) in [5, 5.41) is 3.59. The summed E-state index contributed by atoms with van der Waals surface area (Å²) in [4.78, 5) is 0. The van der Waals surface area contributed by atoms with Gasteiger partial charge in [-0.25, -0.2) is 0 Å². The molecule has 2 atom stereocenters. The third-order valence-corrected chi connectivity index (χ3v) is 2.53. The second kappa shape index (κ2) is 4.45. The van der Waals surface area contributed by atoms with Crippen molar-refractivity contribution in [2.75, 3.05) is 0 Å². The van der Waals surface area contributed by atoms with Crippen LogP contribution in [-0.4, -0.2) is 9.78 Å². The van der Waals surface area contributed by atoms with E-state index in [0.717, 1.165) is 6.07 Å². The van der Waals surface area contributed by atoms with E-state index < -0.39 is 17.9 Å². The Hall–Kier alpha value is -1.04. The first-order chi connectivity index (χ1) is 7.27. The third-order valence-electron chi connectivity index (χ3n) is 2.53. The number of halogens is 3. The molecule has 0 radical (unpaired) electrons. The zero-order valence-corrected chi connectivity index (χ0v) is 9.54. The fourth-order valence-corrected chi connectivity index (χ4v) is 1.41. The molecule has 0 fully saturated rings. The van der Waals surface area contributed by atoms with Gasteiger partial charge in [-0.2, -0.15) is 18.3 Å². The molecule has 92 valence electrons. The molecule has 0 aliphatic carbocycles. The van der Waals surface area contributed by atoms with Crippen molar-refractivity contribution < 1.29 is 13.2 Å². The summed E-state index contributed by atoms with van der Waals surface area (Å²) in [6.45, 7) is 5.36. The number of hydrogen-bond acceptors (Lipinski definition) is 2. The highest BCUT2D eigenvalue weighted by Crippen LogP contribution is 2.31. The van der Waals surface area contributed by atoms with Crippen LogP contribution in [-0.2, 0) is 6.18 Å². The molecule has 1 aromatic rings. The van der Waals surface area contributed by atoms with E-state index in [2.05, 4.69) is 5.10 Å². The SMILES string of the molecule is CCC(C)n1nc(C(F)(F)F)cc1C(C)N. The smallest absolute Gasteiger partial charge is 0.323 e. The van der Waals surface area contributed by atoms with E-state index in [4.69, 9.17) is 5.73 Å². The Morgan fingerprint density at radius 3 is 2.38 bits per heavy atom. The van der Waals surface area contributed by atoms with Gasteiger partial charge in [-0.3, -0.25) is 4.68 Å². The second-order valence-corrected chi connectivity index (χ2v) is 3.94. The van der Waals surface area contributed by atoms with E-state index in [1.165, 1.54) is 4.68 Å². The van der Waals surface area contributed by atoms with E-state index in [1.54, 1.807) is 6.92 Å². The van der Waals surface area contributed by atoms with Gasteiger partial charge in [0.25, 0.3) is 0 Å². The van der Waals surface area contributed by atoms with Gasteiger partial charge in [-0.15, -0.1) is 0 Å². The van der Waals surface area contributed by atoms with Crippen LogP contribution >= 0.6 is 0 Å². The minimum atomic E-state index is -4.41. The van der Waals surface area contributed by atoms with Crippen LogP contribution in [0.2, 0.25) is 0 Å². The zero-order valence-electron chi connectivity index (χ0n) is 9.54. The molecule has 0 aliphatic heterocycles. The molecule has 0 aromatic carbocycles. The first-order valence-electron chi connectivity index (χ1n) is 5.19. The first-order valence-corrected chi connectivity index (χ1v) is 5.19. The molecule has 2 N–H and O–H groups in total. The first kappa shape index (κ1) is 13.0.